The molecule has 6 heteroatoms. The maximum absolute atomic E-state index is 12.3. The summed E-state index contributed by atoms with van der Waals surface area (Å²) in [4.78, 5) is 10.3. The Morgan fingerprint density at radius 3 is 2.25 bits per heavy atom. The molecule has 3 nitrogen and oxygen atoms in total. The molecule has 0 saturated heterocycles. The first kappa shape index (κ1) is 12.4. The molecule has 2 amide bonds. The summed E-state index contributed by atoms with van der Waals surface area (Å²) in [7, 11) is 0. The molecule has 88 valence electrons. The van der Waals surface area contributed by atoms with Gasteiger partial charge in [0.15, 0.2) is 0 Å². The lowest BCUT2D eigenvalue weighted by atomic mass is 10.1. The smallest absolute Gasteiger partial charge is 0.351 e. The number of carbonyl (C=O) groups is 1. The van der Waals surface area contributed by atoms with Crippen LogP contribution >= 0.6 is 0 Å². The summed E-state index contributed by atoms with van der Waals surface area (Å²) in [5.74, 6) is 0. The average molecular weight is 232 g/mol. The number of amides is 2. The number of hydrogen-bond donors (Lipinski definition) is 1. The first-order valence-electron chi connectivity index (χ1n) is 4.59. The molecule has 0 unspecified atom stereocenters. The molecule has 0 fully saturated rings. The van der Waals surface area contributed by atoms with Gasteiger partial charge in [0.25, 0.3) is 0 Å². The van der Waals surface area contributed by atoms with Crippen LogP contribution in [-0.4, -0.2) is 23.8 Å². The van der Waals surface area contributed by atoms with Gasteiger partial charge in [0.1, 0.15) is 0 Å². The van der Waals surface area contributed by atoms with E-state index in [1.807, 2.05) is 0 Å². The summed E-state index contributed by atoms with van der Waals surface area (Å²) >= 11 is 0. The number of nitrogens with zero attached hydrogens (tertiary/aromatic N) is 1. The van der Waals surface area contributed by atoms with E-state index in [2.05, 4.69) is 5.73 Å². The van der Waals surface area contributed by atoms with E-state index in [1.165, 1.54) is 0 Å². The third-order valence-corrected chi connectivity index (χ3v) is 2.04. The van der Waals surface area contributed by atoms with Gasteiger partial charge >= 0.3 is 12.3 Å². The van der Waals surface area contributed by atoms with E-state index in [9.17, 15) is 18.0 Å². The molecule has 0 aromatic heterocycles. The van der Waals surface area contributed by atoms with Gasteiger partial charge in [0, 0.05) is 6.54 Å². The fourth-order valence-electron chi connectivity index (χ4n) is 1.25. The highest BCUT2D eigenvalue weighted by molar-refractivity contribution is 5.72. The Labute approximate surface area is 90.6 Å². The highest BCUT2D eigenvalue weighted by atomic mass is 19.4. The molecule has 1 rings (SSSR count). The molecule has 0 spiro atoms. The van der Waals surface area contributed by atoms with Gasteiger partial charge in [-0.05, 0) is 12.0 Å². The summed E-state index contributed by atoms with van der Waals surface area (Å²) in [6.45, 7) is -0.469. The Kier molecular flexibility index (Phi) is 3.76. The molecule has 0 saturated carbocycles. The number of primary amides is 1. The van der Waals surface area contributed by atoms with Crippen molar-refractivity contribution in [3.8, 4) is 0 Å². The second kappa shape index (κ2) is 4.87. The second-order valence-corrected chi connectivity index (χ2v) is 3.19. The molecule has 0 aliphatic heterocycles. The minimum Gasteiger partial charge on any atom is -0.351 e. The number of hydrogen-bond acceptors (Lipinski definition) is 1. The van der Waals surface area contributed by atoms with Crippen LogP contribution in [0.5, 0.6) is 0 Å². The number of carbonyl (C=O) groups excluding carboxylic acids is 1. The molecule has 16 heavy (non-hydrogen) atoms. The lowest BCUT2D eigenvalue weighted by molar-refractivity contribution is -0.222. The van der Waals surface area contributed by atoms with E-state index in [0.29, 0.717) is 0 Å². The van der Waals surface area contributed by atoms with Gasteiger partial charge in [-0.1, -0.05) is 30.3 Å². The maximum atomic E-state index is 12.3. The maximum Gasteiger partial charge on any atom is 0.488 e. The largest absolute Gasteiger partial charge is 0.488 e. The molecule has 0 atom stereocenters. The SMILES string of the molecule is NC(=O)N(CCc1ccccc1)C(F)(F)F. The predicted octanol–water partition coefficient (Wildman–Crippen LogP) is 2.13. The Morgan fingerprint density at radius 1 is 1.25 bits per heavy atom. The summed E-state index contributed by atoms with van der Waals surface area (Å²) < 4.78 is 36.9. The van der Waals surface area contributed by atoms with Crippen LogP contribution in [0.25, 0.3) is 0 Å². The van der Waals surface area contributed by atoms with Crippen LogP contribution in [0.4, 0.5) is 18.0 Å². The van der Waals surface area contributed by atoms with Crippen LogP contribution in [0.2, 0.25) is 0 Å². The summed E-state index contributed by atoms with van der Waals surface area (Å²) in [5, 5.41) is 0. The van der Waals surface area contributed by atoms with Crippen LogP contribution in [-0.2, 0) is 6.42 Å². The molecule has 1 aromatic rings. The van der Waals surface area contributed by atoms with E-state index in [1.54, 1.807) is 30.3 Å². The van der Waals surface area contributed by atoms with E-state index < -0.39 is 18.9 Å². The number of urea groups is 1. The fourth-order valence-corrected chi connectivity index (χ4v) is 1.25. The van der Waals surface area contributed by atoms with Crippen molar-refractivity contribution in [1.82, 2.24) is 4.90 Å². The van der Waals surface area contributed by atoms with Crippen molar-refractivity contribution >= 4 is 6.03 Å². The van der Waals surface area contributed by atoms with Gasteiger partial charge in [-0.15, -0.1) is 13.2 Å². The van der Waals surface area contributed by atoms with Crippen LogP contribution in [0.3, 0.4) is 0 Å². The van der Waals surface area contributed by atoms with Crippen molar-refractivity contribution in [2.75, 3.05) is 6.54 Å². The highest BCUT2D eigenvalue weighted by Gasteiger charge is 2.39. The third kappa shape index (κ3) is 3.45. The van der Waals surface area contributed by atoms with Crippen LogP contribution < -0.4 is 5.73 Å². The molecule has 2 N–H and O–H groups in total. The summed E-state index contributed by atoms with van der Waals surface area (Å²) in [5.41, 5.74) is 5.37. The zero-order chi connectivity index (χ0) is 12.2. The van der Waals surface area contributed by atoms with Crippen molar-refractivity contribution in [2.45, 2.75) is 12.7 Å². The standard InChI is InChI=1S/C10H11F3N2O/c11-10(12,13)15(9(14)16)7-6-8-4-2-1-3-5-8/h1-5H,6-7H2,(H2,14,16). The lowest BCUT2D eigenvalue weighted by Crippen LogP contribution is -2.46. The van der Waals surface area contributed by atoms with E-state index in [0.717, 1.165) is 5.56 Å². The molecule has 0 radical (unpaired) electrons. The number of rotatable bonds is 3. The fraction of sp³-hybridized carbons (Fsp3) is 0.300. The molecule has 0 aliphatic carbocycles. The monoisotopic (exact) mass is 232 g/mol. The zero-order valence-electron chi connectivity index (χ0n) is 8.37. The molecule has 1 aromatic carbocycles. The van der Waals surface area contributed by atoms with E-state index in [4.69, 9.17) is 0 Å². The highest BCUT2D eigenvalue weighted by Crippen LogP contribution is 2.21. The van der Waals surface area contributed by atoms with Crippen LogP contribution in [0.1, 0.15) is 5.56 Å². The van der Waals surface area contributed by atoms with Crippen molar-refractivity contribution in [1.29, 1.82) is 0 Å². The topological polar surface area (TPSA) is 46.3 Å². The number of halogens is 3. The predicted molar refractivity (Wildman–Crippen MR) is 52.5 cm³/mol. The van der Waals surface area contributed by atoms with Crippen molar-refractivity contribution < 1.29 is 18.0 Å². The summed E-state index contributed by atoms with van der Waals surface area (Å²) in [6.07, 6.45) is -4.61. The van der Waals surface area contributed by atoms with E-state index in [-0.39, 0.29) is 11.3 Å². The molecular formula is C10H11F3N2O. The van der Waals surface area contributed by atoms with Gasteiger partial charge in [0.2, 0.25) is 0 Å². The normalized spacial score (nSPS) is 11.2. The van der Waals surface area contributed by atoms with Crippen LogP contribution in [0.15, 0.2) is 30.3 Å². The van der Waals surface area contributed by atoms with E-state index >= 15 is 0 Å². The van der Waals surface area contributed by atoms with Crippen molar-refractivity contribution in [3.05, 3.63) is 35.9 Å². The number of benzene rings is 1. The Bertz CT molecular complexity index is 351. The summed E-state index contributed by atoms with van der Waals surface area (Å²) in [6, 6.07) is 7.10. The number of nitrogens with two attached hydrogens (primary N) is 1. The third-order valence-electron chi connectivity index (χ3n) is 2.04. The Balaban J connectivity index is 2.62. The van der Waals surface area contributed by atoms with Crippen molar-refractivity contribution in [2.24, 2.45) is 5.73 Å². The second-order valence-electron chi connectivity index (χ2n) is 3.19. The molecule has 0 aliphatic rings. The Hall–Kier alpha value is -1.72. The zero-order valence-corrected chi connectivity index (χ0v) is 8.37. The molecular weight excluding hydrogens is 221 g/mol. The van der Waals surface area contributed by atoms with Gasteiger partial charge in [-0.2, -0.15) is 0 Å². The first-order chi connectivity index (χ1) is 7.41. The molecule has 0 bridgehead atoms. The number of alkyl halides is 3. The van der Waals surface area contributed by atoms with Gasteiger partial charge in [0.05, 0.1) is 0 Å². The first-order valence-corrected chi connectivity index (χ1v) is 4.59. The Morgan fingerprint density at radius 2 is 1.81 bits per heavy atom. The van der Waals surface area contributed by atoms with Gasteiger partial charge in [-0.3, -0.25) is 0 Å². The minimum atomic E-state index is -4.72. The van der Waals surface area contributed by atoms with Crippen LogP contribution in [0, 0.1) is 0 Å². The van der Waals surface area contributed by atoms with Crippen molar-refractivity contribution in [3.63, 3.8) is 0 Å². The van der Waals surface area contributed by atoms with Gasteiger partial charge in [-0.25, -0.2) is 9.69 Å². The minimum absolute atomic E-state index is 0.114. The lowest BCUT2D eigenvalue weighted by Gasteiger charge is -2.22. The average Bonchev–Trinajstić information content (AvgIpc) is 2.17. The van der Waals surface area contributed by atoms with Gasteiger partial charge < -0.3 is 5.73 Å². The quantitative estimate of drug-likeness (QED) is 0.797. The molecule has 0 heterocycles.